The fourth-order valence-corrected chi connectivity index (χ4v) is 4.99. The van der Waals surface area contributed by atoms with E-state index in [0.29, 0.717) is 33.7 Å². The maximum atomic E-state index is 11.6. The molecule has 6 rings (SSSR count). The molecule has 4 aromatic rings. The van der Waals surface area contributed by atoms with E-state index in [1.165, 1.54) is 12.1 Å². The number of benzene rings is 2. The number of thiocarbonyl (C=S) groups is 1. The van der Waals surface area contributed by atoms with Crippen LogP contribution in [-0.4, -0.2) is 39.0 Å². The second-order valence-electron chi connectivity index (χ2n) is 8.65. The highest BCUT2D eigenvalue weighted by Gasteiger charge is 2.43. The first-order valence-electron chi connectivity index (χ1n) is 11.5. The number of nitrogens with zero attached hydrogens (tertiary/aromatic N) is 2. The molecule has 2 aliphatic rings. The Morgan fingerprint density at radius 3 is 2.42 bits per heavy atom. The van der Waals surface area contributed by atoms with Gasteiger partial charge >= 0.3 is 11.9 Å². The van der Waals surface area contributed by atoms with E-state index in [1.807, 2.05) is 41.3 Å². The molecule has 1 fully saturated rings. The van der Waals surface area contributed by atoms with Gasteiger partial charge in [0.25, 0.3) is 0 Å². The van der Waals surface area contributed by atoms with Gasteiger partial charge in [-0.2, -0.15) is 0 Å². The Hall–Kier alpha value is -4.90. The van der Waals surface area contributed by atoms with Gasteiger partial charge in [-0.05, 0) is 66.8 Å². The minimum atomic E-state index is -1.24. The molecule has 0 spiro atoms. The quantitative estimate of drug-likeness (QED) is 0.301. The van der Waals surface area contributed by atoms with E-state index in [2.05, 4.69) is 10.3 Å². The minimum Gasteiger partial charge on any atom is -0.478 e. The van der Waals surface area contributed by atoms with Gasteiger partial charge < -0.3 is 34.3 Å². The standard InChI is InChI=1S/C27H19N3O7S/c31-25(32)15-9-14(10-16(11-15)26(33)34)19-6-7-21(37-19)24-23(18-3-1-2-8-28-18)29-27(38)30(24)17-4-5-20-22(12-17)36-13-35-20/h1-12,23-24H,13H2,(H,29,38)(H,31,32)(H,33,34)/t23-,24+/m1/s1. The second-order valence-corrected chi connectivity index (χ2v) is 9.03. The summed E-state index contributed by atoms with van der Waals surface area (Å²) in [5.74, 6) is -0.423. The molecule has 2 atom stereocenters. The summed E-state index contributed by atoms with van der Waals surface area (Å²) in [4.78, 5) is 29.6. The molecule has 2 aromatic carbocycles. The lowest BCUT2D eigenvalue weighted by atomic mass is 10.0. The molecule has 11 heteroatoms. The van der Waals surface area contributed by atoms with Gasteiger partial charge in [0, 0.05) is 23.5 Å². The highest BCUT2D eigenvalue weighted by molar-refractivity contribution is 7.80. The third kappa shape index (κ3) is 4.08. The Morgan fingerprint density at radius 2 is 1.71 bits per heavy atom. The number of rotatable bonds is 6. The number of furan rings is 1. The Kier molecular flexibility index (Phi) is 5.69. The van der Waals surface area contributed by atoms with Crippen LogP contribution in [0.15, 0.2) is 77.3 Å². The molecule has 0 amide bonds. The Bertz CT molecular complexity index is 1550. The van der Waals surface area contributed by atoms with Gasteiger partial charge in [-0.25, -0.2) is 9.59 Å². The summed E-state index contributed by atoms with van der Waals surface area (Å²) >= 11 is 5.74. The van der Waals surface area contributed by atoms with E-state index in [-0.39, 0.29) is 24.0 Å². The molecule has 0 aliphatic carbocycles. The zero-order valence-electron chi connectivity index (χ0n) is 19.5. The Morgan fingerprint density at radius 1 is 0.947 bits per heavy atom. The number of ether oxygens (including phenoxy) is 2. The third-order valence-corrected chi connectivity index (χ3v) is 6.68. The van der Waals surface area contributed by atoms with Crippen molar-refractivity contribution in [3.8, 4) is 22.8 Å². The molecule has 3 N–H and O–H groups in total. The first-order chi connectivity index (χ1) is 18.4. The van der Waals surface area contributed by atoms with E-state index in [4.69, 9.17) is 26.1 Å². The zero-order valence-corrected chi connectivity index (χ0v) is 20.3. The number of carboxylic acids is 2. The Balaban J connectivity index is 1.45. The van der Waals surface area contributed by atoms with E-state index in [9.17, 15) is 19.8 Å². The number of pyridine rings is 1. The first kappa shape index (κ1) is 23.5. The molecule has 38 heavy (non-hydrogen) atoms. The smallest absolute Gasteiger partial charge is 0.335 e. The van der Waals surface area contributed by atoms with Crippen LogP contribution < -0.4 is 19.7 Å². The monoisotopic (exact) mass is 529 g/mol. The molecular formula is C27H19N3O7S. The predicted octanol–water partition coefficient (Wildman–Crippen LogP) is 4.64. The summed E-state index contributed by atoms with van der Waals surface area (Å²) in [6.45, 7) is 0.136. The van der Waals surface area contributed by atoms with Crippen LogP contribution in [-0.2, 0) is 0 Å². The summed E-state index contributed by atoms with van der Waals surface area (Å²) in [7, 11) is 0. The maximum Gasteiger partial charge on any atom is 0.335 e. The second kappa shape index (κ2) is 9.20. The number of aromatic nitrogens is 1. The highest BCUT2D eigenvalue weighted by Crippen LogP contribution is 2.45. The molecule has 2 aliphatic heterocycles. The maximum absolute atomic E-state index is 11.6. The molecule has 0 bridgehead atoms. The van der Waals surface area contributed by atoms with Gasteiger partial charge in [0.15, 0.2) is 16.6 Å². The number of fused-ring (bicyclic) bond motifs is 1. The van der Waals surface area contributed by atoms with Crippen molar-refractivity contribution >= 4 is 35.0 Å². The van der Waals surface area contributed by atoms with Crippen LogP contribution in [0.1, 0.15) is 44.3 Å². The normalized spacial score (nSPS) is 17.9. The summed E-state index contributed by atoms with van der Waals surface area (Å²) in [5, 5.41) is 22.7. The van der Waals surface area contributed by atoms with Crippen LogP contribution >= 0.6 is 12.2 Å². The van der Waals surface area contributed by atoms with Crippen LogP contribution in [0, 0.1) is 0 Å². The lowest BCUT2D eigenvalue weighted by molar-refractivity contribution is 0.0696. The van der Waals surface area contributed by atoms with Crippen molar-refractivity contribution in [2.45, 2.75) is 12.1 Å². The van der Waals surface area contributed by atoms with Crippen molar-refractivity contribution in [3.05, 3.63) is 95.5 Å². The number of nitrogens with one attached hydrogen (secondary N) is 1. The summed E-state index contributed by atoms with van der Waals surface area (Å²) in [6.07, 6.45) is 1.69. The van der Waals surface area contributed by atoms with Gasteiger partial charge in [0.2, 0.25) is 6.79 Å². The average Bonchev–Trinajstić information content (AvgIpc) is 3.66. The SMILES string of the molecule is O=C(O)c1cc(C(=O)O)cc(-c2ccc([C@H]3[C@@H](c4ccccn4)NC(=S)N3c3ccc4c(c3)OCO4)o2)c1. The Labute approximate surface area is 221 Å². The van der Waals surface area contributed by atoms with Crippen LogP contribution in [0.4, 0.5) is 5.69 Å². The lowest BCUT2D eigenvalue weighted by Gasteiger charge is -2.26. The fourth-order valence-electron chi connectivity index (χ4n) is 4.64. The number of carbonyl (C=O) groups is 2. The first-order valence-corrected chi connectivity index (χ1v) is 11.9. The van der Waals surface area contributed by atoms with Crippen molar-refractivity contribution in [1.82, 2.24) is 10.3 Å². The summed E-state index contributed by atoms with van der Waals surface area (Å²) in [5.41, 5.74) is 1.49. The number of anilines is 1. The van der Waals surface area contributed by atoms with Crippen LogP contribution in [0.5, 0.6) is 11.5 Å². The number of carboxylic acid groups (broad SMARTS) is 2. The van der Waals surface area contributed by atoms with Crippen molar-refractivity contribution < 1.29 is 33.7 Å². The average molecular weight is 530 g/mol. The van der Waals surface area contributed by atoms with Crippen molar-refractivity contribution in [2.24, 2.45) is 0 Å². The predicted molar refractivity (Wildman–Crippen MR) is 139 cm³/mol. The van der Waals surface area contributed by atoms with E-state index in [1.54, 1.807) is 18.3 Å². The molecule has 10 nitrogen and oxygen atoms in total. The van der Waals surface area contributed by atoms with Gasteiger partial charge in [-0.1, -0.05) is 6.07 Å². The van der Waals surface area contributed by atoms with E-state index >= 15 is 0 Å². The highest BCUT2D eigenvalue weighted by atomic mass is 32.1. The molecule has 0 unspecified atom stereocenters. The molecule has 0 saturated carbocycles. The molecule has 4 heterocycles. The number of hydrogen-bond donors (Lipinski definition) is 3. The van der Waals surface area contributed by atoms with Gasteiger partial charge in [0.05, 0.1) is 22.9 Å². The zero-order chi connectivity index (χ0) is 26.4. The summed E-state index contributed by atoms with van der Waals surface area (Å²) < 4.78 is 17.3. The molecule has 190 valence electrons. The lowest BCUT2D eigenvalue weighted by Crippen LogP contribution is -2.29. The van der Waals surface area contributed by atoms with Crippen molar-refractivity contribution in [2.75, 3.05) is 11.7 Å². The van der Waals surface area contributed by atoms with Crippen LogP contribution in [0.3, 0.4) is 0 Å². The van der Waals surface area contributed by atoms with Crippen LogP contribution in [0.25, 0.3) is 11.3 Å². The number of hydrogen-bond acceptors (Lipinski definition) is 7. The van der Waals surface area contributed by atoms with Crippen molar-refractivity contribution in [3.63, 3.8) is 0 Å². The van der Waals surface area contributed by atoms with Gasteiger partial charge in [-0.15, -0.1) is 0 Å². The molecular weight excluding hydrogens is 510 g/mol. The van der Waals surface area contributed by atoms with E-state index in [0.717, 1.165) is 17.4 Å². The van der Waals surface area contributed by atoms with Crippen molar-refractivity contribution in [1.29, 1.82) is 0 Å². The fraction of sp³-hybridized carbons (Fsp3) is 0.111. The number of aromatic carboxylic acids is 2. The van der Waals surface area contributed by atoms with Crippen LogP contribution in [0.2, 0.25) is 0 Å². The largest absolute Gasteiger partial charge is 0.478 e. The third-order valence-electron chi connectivity index (χ3n) is 6.36. The van der Waals surface area contributed by atoms with Gasteiger partial charge in [0.1, 0.15) is 17.6 Å². The molecule has 2 aromatic heterocycles. The molecule has 1 saturated heterocycles. The minimum absolute atomic E-state index is 0.136. The van der Waals surface area contributed by atoms with E-state index < -0.39 is 18.0 Å². The topological polar surface area (TPSA) is 134 Å². The van der Waals surface area contributed by atoms with Gasteiger partial charge in [-0.3, -0.25) is 4.98 Å². The summed E-state index contributed by atoms with van der Waals surface area (Å²) in [6, 6.07) is 17.5. The molecule has 0 radical (unpaired) electrons.